The number of amides is 1. The van der Waals surface area contributed by atoms with Gasteiger partial charge in [0, 0.05) is 17.7 Å². The molecule has 1 N–H and O–H groups in total. The molecule has 4 nitrogen and oxygen atoms in total. The highest BCUT2D eigenvalue weighted by Crippen LogP contribution is 2.24. The van der Waals surface area contributed by atoms with Crippen molar-refractivity contribution in [3.8, 4) is 0 Å². The molecule has 2 aromatic heterocycles. The zero-order valence-electron chi connectivity index (χ0n) is 11.8. The van der Waals surface area contributed by atoms with Gasteiger partial charge in [0.2, 0.25) is 5.91 Å². The van der Waals surface area contributed by atoms with Crippen LogP contribution in [0.25, 0.3) is 17.0 Å². The average molecular weight is 357 g/mol. The Morgan fingerprint density at radius 3 is 2.91 bits per heavy atom. The van der Waals surface area contributed by atoms with E-state index in [0.29, 0.717) is 10.4 Å². The summed E-state index contributed by atoms with van der Waals surface area (Å²) in [6.07, 6.45) is 4.80. The highest BCUT2D eigenvalue weighted by atomic mass is 79.9. The van der Waals surface area contributed by atoms with Gasteiger partial charge in [-0.1, -0.05) is 6.07 Å². The lowest BCUT2D eigenvalue weighted by Gasteiger charge is -2.08. The number of anilines is 1. The zero-order chi connectivity index (χ0) is 15.5. The molecule has 110 valence electrons. The molecule has 3 rings (SSSR count). The minimum atomic E-state index is -0.221. The van der Waals surface area contributed by atoms with Crippen molar-refractivity contribution in [2.45, 2.75) is 6.92 Å². The van der Waals surface area contributed by atoms with Crippen molar-refractivity contribution in [1.29, 1.82) is 0 Å². The maximum atomic E-state index is 12.0. The third-order valence-electron chi connectivity index (χ3n) is 3.22. The molecule has 0 fully saturated rings. The summed E-state index contributed by atoms with van der Waals surface area (Å²) in [7, 11) is 0. The Kier molecular flexibility index (Phi) is 4.06. The molecule has 3 aromatic rings. The molecule has 2 heterocycles. The lowest BCUT2D eigenvalue weighted by atomic mass is 10.1. The summed E-state index contributed by atoms with van der Waals surface area (Å²) < 4.78 is 5.94. The number of nitrogens with zero attached hydrogens (tertiary/aromatic N) is 1. The van der Waals surface area contributed by atoms with Crippen LogP contribution in [-0.2, 0) is 4.79 Å². The minimum Gasteiger partial charge on any atom is -0.450 e. The van der Waals surface area contributed by atoms with E-state index < -0.39 is 0 Å². The van der Waals surface area contributed by atoms with Crippen LogP contribution >= 0.6 is 15.9 Å². The Balaban J connectivity index is 1.82. The van der Waals surface area contributed by atoms with Gasteiger partial charge in [0.1, 0.15) is 5.76 Å². The maximum absolute atomic E-state index is 12.0. The van der Waals surface area contributed by atoms with Crippen LogP contribution in [0.1, 0.15) is 11.3 Å². The highest BCUT2D eigenvalue weighted by Gasteiger charge is 2.06. The highest BCUT2D eigenvalue weighted by molar-refractivity contribution is 9.10. The van der Waals surface area contributed by atoms with Gasteiger partial charge in [-0.2, -0.15) is 0 Å². The molecule has 5 heteroatoms. The molecule has 0 saturated carbocycles. The second kappa shape index (κ2) is 6.15. The van der Waals surface area contributed by atoms with Gasteiger partial charge < -0.3 is 9.73 Å². The monoisotopic (exact) mass is 356 g/mol. The topological polar surface area (TPSA) is 55.1 Å². The van der Waals surface area contributed by atoms with E-state index in [-0.39, 0.29) is 5.91 Å². The number of aromatic nitrogens is 1. The summed E-state index contributed by atoms with van der Waals surface area (Å²) in [5, 5.41) is 3.79. The normalized spacial score (nSPS) is 11.2. The van der Waals surface area contributed by atoms with Gasteiger partial charge in [0.05, 0.1) is 11.2 Å². The summed E-state index contributed by atoms with van der Waals surface area (Å²) in [5.74, 6) is 0.388. The number of aryl methyl sites for hydroxylation is 1. The number of carbonyl (C=O) groups is 1. The van der Waals surface area contributed by atoms with Gasteiger partial charge in [0.15, 0.2) is 4.67 Å². The molecule has 0 unspecified atom stereocenters. The molecule has 0 aliphatic carbocycles. The summed E-state index contributed by atoms with van der Waals surface area (Å²) in [6, 6.07) is 11.2. The SMILES string of the molecule is Cc1ccc(NC(=O)C=Cc2ccc(Br)o2)c2cccnc12. The molecule has 0 bridgehead atoms. The van der Waals surface area contributed by atoms with Crippen molar-refractivity contribution < 1.29 is 9.21 Å². The lowest BCUT2D eigenvalue weighted by Crippen LogP contribution is -2.08. The largest absolute Gasteiger partial charge is 0.450 e. The summed E-state index contributed by atoms with van der Waals surface area (Å²) >= 11 is 3.22. The van der Waals surface area contributed by atoms with E-state index >= 15 is 0 Å². The van der Waals surface area contributed by atoms with Crippen LogP contribution in [0, 0.1) is 6.92 Å². The molecule has 0 saturated heterocycles. The number of halogens is 1. The number of fused-ring (bicyclic) bond motifs is 1. The Morgan fingerprint density at radius 1 is 1.27 bits per heavy atom. The third-order valence-corrected chi connectivity index (χ3v) is 3.65. The van der Waals surface area contributed by atoms with E-state index in [4.69, 9.17) is 4.42 Å². The molecule has 0 radical (unpaired) electrons. The van der Waals surface area contributed by atoms with Crippen LogP contribution in [-0.4, -0.2) is 10.9 Å². The van der Waals surface area contributed by atoms with Gasteiger partial charge >= 0.3 is 0 Å². The van der Waals surface area contributed by atoms with E-state index in [9.17, 15) is 4.79 Å². The zero-order valence-corrected chi connectivity index (χ0v) is 13.4. The number of carbonyl (C=O) groups excluding carboxylic acids is 1. The van der Waals surface area contributed by atoms with Crippen LogP contribution in [0.2, 0.25) is 0 Å². The second-order valence-electron chi connectivity index (χ2n) is 4.79. The summed E-state index contributed by atoms with van der Waals surface area (Å²) in [6.45, 7) is 2.00. The first-order chi connectivity index (χ1) is 10.6. The molecular formula is C17H13BrN2O2. The third kappa shape index (κ3) is 3.09. The van der Waals surface area contributed by atoms with Crippen molar-refractivity contribution in [2.24, 2.45) is 0 Å². The van der Waals surface area contributed by atoms with Gasteiger partial charge in [-0.3, -0.25) is 9.78 Å². The first-order valence-corrected chi connectivity index (χ1v) is 7.51. The van der Waals surface area contributed by atoms with E-state index in [1.54, 1.807) is 24.4 Å². The fraction of sp³-hybridized carbons (Fsp3) is 0.0588. The molecule has 1 aromatic carbocycles. The first-order valence-electron chi connectivity index (χ1n) is 6.72. The van der Waals surface area contributed by atoms with Gasteiger partial charge in [-0.15, -0.1) is 0 Å². The van der Waals surface area contributed by atoms with Gasteiger partial charge in [-0.05, 0) is 64.8 Å². The van der Waals surface area contributed by atoms with Crippen LogP contribution in [0.15, 0.2) is 57.8 Å². The fourth-order valence-corrected chi connectivity index (χ4v) is 2.49. The molecule has 0 aliphatic heterocycles. The molecule has 22 heavy (non-hydrogen) atoms. The van der Waals surface area contributed by atoms with Crippen LogP contribution in [0.3, 0.4) is 0 Å². The van der Waals surface area contributed by atoms with Crippen molar-refractivity contribution in [2.75, 3.05) is 5.32 Å². The van der Waals surface area contributed by atoms with Crippen LogP contribution in [0.4, 0.5) is 5.69 Å². The fourth-order valence-electron chi connectivity index (χ4n) is 2.17. The molecular weight excluding hydrogens is 344 g/mol. The van der Waals surface area contributed by atoms with Crippen LogP contribution < -0.4 is 5.32 Å². The molecule has 0 atom stereocenters. The smallest absolute Gasteiger partial charge is 0.248 e. The Labute approximate surface area is 136 Å². The molecule has 0 aliphatic rings. The number of hydrogen-bond acceptors (Lipinski definition) is 3. The predicted molar refractivity (Wildman–Crippen MR) is 90.6 cm³/mol. The summed E-state index contributed by atoms with van der Waals surface area (Å²) in [4.78, 5) is 16.4. The Morgan fingerprint density at radius 2 is 2.14 bits per heavy atom. The van der Waals surface area contributed by atoms with Crippen LogP contribution in [0.5, 0.6) is 0 Å². The first kappa shape index (κ1) is 14.5. The van der Waals surface area contributed by atoms with E-state index in [2.05, 4.69) is 26.2 Å². The Bertz CT molecular complexity index is 868. The number of hydrogen-bond donors (Lipinski definition) is 1. The van der Waals surface area contributed by atoms with Crippen molar-refractivity contribution in [3.63, 3.8) is 0 Å². The number of furan rings is 1. The van der Waals surface area contributed by atoms with Gasteiger partial charge in [0.25, 0.3) is 0 Å². The van der Waals surface area contributed by atoms with E-state index in [1.807, 2.05) is 31.2 Å². The van der Waals surface area contributed by atoms with E-state index in [1.165, 1.54) is 6.08 Å². The number of pyridine rings is 1. The molecule has 0 spiro atoms. The van der Waals surface area contributed by atoms with Crippen molar-refractivity contribution in [3.05, 3.63) is 64.7 Å². The predicted octanol–water partition coefficient (Wildman–Crippen LogP) is 4.55. The number of nitrogens with one attached hydrogen (secondary N) is 1. The van der Waals surface area contributed by atoms with Crippen molar-refractivity contribution in [1.82, 2.24) is 4.98 Å². The van der Waals surface area contributed by atoms with Gasteiger partial charge in [-0.25, -0.2) is 0 Å². The Hall–Kier alpha value is -2.40. The standard InChI is InChI=1S/C17H13BrN2O2/c1-11-4-7-14(13-3-2-10-19-17(11)13)20-16(21)9-6-12-5-8-15(18)22-12/h2-10H,1H3,(H,20,21). The molecule has 1 amide bonds. The lowest BCUT2D eigenvalue weighted by molar-refractivity contribution is -0.111. The quantitative estimate of drug-likeness (QED) is 0.700. The maximum Gasteiger partial charge on any atom is 0.248 e. The van der Waals surface area contributed by atoms with E-state index in [0.717, 1.165) is 22.2 Å². The minimum absolute atomic E-state index is 0.221. The summed E-state index contributed by atoms with van der Waals surface area (Å²) in [5.41, 5.74) is 2.70. The average Bonchev–Trinajstić information content (AvgIpc) is 2.94. The number of benzene rings is 1. The second-order valence-corrected chi connectivity index (χ2v) is 5.58. The number of rotatable bonds is 3. The van der Waals surface area contributed by atoms with Crippen molar-refractivity contribution >= 4 is 44.5 Å².